The lowest BCUT2D eigenvalue weighted by molar-refractivity contribution is -0.113. The van der Waals surface area contributed by atoms with Crippen LogP contribution in [0.25, 0.3) is 0 Å². The number of para-hydroxylation sites is 2. The average Bonchev–Trinajstić information content (AvgIpc) is 3.09. The number of rotatable bonds is 7. The number of carbonyl (C=O) groups is 1. The Hall–Kier alpha value is -2.32. The number of carbonyl (C=O) groups excluding carboxylic acids is 1. The van der Waals surface area contributed by atoms with E-state index in [0.29, 0.717) is 11.1 Å². The molecule has 0 saturated heterocycles. The van der Waals surface area contributed by atoms with Crippen molar-refractivity contribution in [3.8, 4) is 5.75 Å². The first-order valence-corrected chi connectivity index (χ1v) is 9.16. The SMILES string of the molecule is O=C(CSc1nnc(COc2ccccc2)o1)Nc1ccccc1Br. The summed E-state index contributed by atoms with van der Waals surface area (Å²) in [6.07, 6.45) is 0. The van der Waals surface area contributed by atoms with Crippen LogP contribution in [-0.2, 0) is 11.4 Å². The van der Waals surface area contributed by atoms with E-state index in [2.05, 4.69) is 31.4 Å². The first-order chi connectivity index (χ1) is 12.2. The second kappa shape index (κ2) is 8.68. The van der Waals surface area contributed by atoms with Crippen molar-refractivity contribution < 1.29 is 13.9 Å². The van der Waals surface area contributed by atoms with Gasteiger partial charge in [-0.15, -0.1) is 10.2 Å². The van der Waals surface area contributed by atoms with Crippen LogP contribution < -0.4 is 10.1 Å². The van der Waals surface area contributed by atoms with Crippen molar-refractivity contribution in [2.24, 2.45) is 0 Å². The van der Waals surface area contributed by atoms with Crippen LogP contribution in [0.15, 0.2) is 68.7 Å². The second-order valence-electron chi connectivity index (χ2n) is 4.88. The third kappa shape index (κ3) is 5.33. The number of thioether (sulfide) groups is 1. The minimum absolute atomic E-state index is 0.155. The summed E-state index contributed by atoms with van der Waals surface area (Å²) in [6, 6.07) is 16.8. The van der Waals surface area contributed by atoms with Gasteiger partial charge < -0.3 is 14.5 Å². The lowest BCUT2D eigenvalue weighted by Crippen LogP contribution is -2.14. The Balaban J connectivity index is 1.47. The lowest BCUT2D eigenvalue weighted by Gasteiger charge is -2.05. The standard InChI is InChI=1S/C17H14BrN3O3S/c18-13-8-4-5-9-14(13)19-15(22)11-25-17-21-20-16(24-17)10-23-12-6-2-1-3-7-12/h1-9H,10-11H2,(H,19,22). The molecule has 0 radical (unpaired) electrons. The van der Waals surface area contributed by atoms with E-state index >= 15 is 0 Å². The first-order valence-electron chi connectivity index (χ1n) is 7.38. The molecule has 0 spiro atoms. The van der Waals surface area contributed by atoms with Crippen LogP contribution in [0.1, 0.15) is 5.89 Å². The Bertz CT molecular complexity index is 842. The van der Waals surface area contributed by atoms with E-state index in [0.717, 1.165) is 15.9 Å². The highest BCUT2D eigenvalue weighted by atomic mass is 79.9. The fourth-order valence-corrected chi connectivity index (χ4v) is 2.86. The fourth-order valence-electron chi connectivity index (χ4n) is 1.89. The van der Waals surface area contributed by atoms with Crippen molar-refractivity contribution in [3.63, 3.8) is 0 Å². The van der Waals surface area contributed by atoms with E-state index in [4.69, 9.17) is 9.15 Å². The topological polar surface area (TPSA) is 77.2 Å². The van der Waals surface area contributed by atoms with Gasteiger partial charge in [0.05, 0.1) is 11.4 Å². The molecule has 0 aliphatic heterocycles. The molecular weight excluding hydrogens is 406 g/mol. The van der Waals surface area contributed by atoms with Crippen molar-refractivity contribution in [2.45, 2.75) is 11.8 Å². The van der Waals surface area contributed by atoms with E-state index < -0.39 is 0 Å². The zero-order valence-corrected chi connectivity index (χ0v) is 15.4. The molecule has 1 heterocycles. The van der Waals surface area contributed by atoms with Crippen molar-refractivity contribution in [3.05, 3.63) is 65.0 Å². The Labute approximate surface area is 157 Å². The molecule has 0 atom stereocenters. The Morgan fingerprint density at radius 2 is 1.88 bits per heavy atom. The molecule has 1 aromatic heterocycles. The molecule has 0 bridgehead atoms. The van der Waals surface area contributed by atoms with E-state index in [1.165, 1.54) is 11.8 Å². The maximum Gasteiger partial charge on any atom is 0.277 e. The molecule has 2 aromatic carbocycles. The number of hydrogen-bond donors (Lipinski definition) is 1. The molecule has 1 amide bonds. The van der Waals surface area contributed by atoms with E-state index in [1.54, 1.807) is 0 Å². The Kier molecular flexibility index (Phi) is 6.08. The quantitative estimate of drug-likeness (QED) is 0.579. The van der Waals surface area contributed by atoms with E-state index in [-0.39, 0.29) is 18.3 Å². The predicted molar refractivity (Wildman–Crippen MR) is 98.6 cm³/mol. The van der Waals surface area contributed by atoms with Gasteiger partial charge in [-0.05, 0) is 40.2 Å². The van der Waals surface area contributed by atoms with E-state index in [1.807, 2.05) is 54.6 Å². The largest absolute Gasteiger partial charge is 0.484 e. The van der Waals surface area contributed by atoms with Crippen LogP contribution in [-0.4, -0.2) is 21.9 Å². The van der Waals surface area contributed by atoms with Gasteiger partial charge in [-0.2, -0.15) is 0 Å². The maximum atomic E-state index is 12.0. The predicted octanol–water partition coefficient (Wildman–Crippen LogP) is 4.14. The highest BCUT2D eigenvalue weighted by Crippen LogP contribution is 2.22. The molecule has 0 fully saturated rings. The van der Waals surface area contributed by atoms with Crippen LogP contribution in [0.2, 0.25) is 0 Å². The Morgan fingerprint density at radius 3 is 2.68 bits per heavy atom. The van der Waals surface area contributed by atoms with Gasteiger partial charge in [-0.3, -0.25) is 4.79 Å². The molecule has 8 heteroatoms. The summed E-state index contributed by atoms with van der Waals surface area (Å²) in [4.78, 5) is 12.0. The van der Waals surface area contributed by atoms with Crippen molar-refractivity contribution >= 4 is 39.3 Å². The number of amides is 1. The van der Waals surface area contributed by atoms with E-state index in [9.17, 15) is 4.79 Å². The number of ether oxygens (including phenoxy) is 1. The monoisotopic (exact) mass is 419 g/mol. The zero-order valence-electron chi connectivity index (χ0n) is 13.0. The molecule has 0 aliphatic carbocycles. The molecule has 0 aliphatic rings. The van der Waals surface area contributed by atoms with Gasteiger partial charge in [-0.1, -0.05) is 42.1 Å². The van der Waals surface area contributed by atoms with Gasteiger partial charge in [0.15, 0.2) is 6.61 Å². The third-order valence-electron chi connectivity index (χ3n) is 3.03. The van der Waals surface area contributed by atoms with Gasteiger partial charge in [0, 0.05) is 4.47 Å². The van der Waals surface area contributed by atoms with Gasteiger partial charge in [0.25, 0.3) is 11.1 Å². The normalized spacial score (nSPS) is 10.4. The molecule has 128 valence electrons. The number of nitrogens with zero attached hydrogens (tertiary/aromatic N) is 2. The number of hydrogen-bond acceptors (Lipinski definition) is 6. The average molecular weight is 420 g/mol. The lowest BCUT2D eigenvalue weighted by atomic mass is 10.3. The second-order valence-corrected chi connectivity index (χ2v) is 6.66. The van der Waals surface area contributed by atoms with Gasteiger partial charge >= 0.3 is 0 Å². The van der Waals surface area contributed by atoms with Gasteiger partial charge in [0.2, 0.25) is 5.91 Å². The van der Waals surface area contributed by atoms with Crippen molar-refractivity contribution in [2.75, 3.05) is 11.1 Å². The minimum atomic E-state index is -0.155. The molecule has 3 aromatic rings. The number of anilines is 1. The number of nitrogens with one attached hydrogen (secondary N) is 1. The highest BCUT2D eigenvalue weighted by Gasteiger charge is 2.11. The fraction of sp³-hybridized carbons (Fsp3) is 0.118. The summed E-state index contributed by atoms with van der Waals surface area (Å²) in [5.41, 5.74) is 0.718. The molecule has 0 saturated carbocycles. The number of aromatic nitrogens is 2. The van der Waals surface area contributed by atoms with Crippen molar-refractivity contribution in [1.29, 1.82) is 0 Å². The molecule has 1 N–H and O–H groups in total. The summed E-state index contributed by atoms with van der Waals surface area (Å²) >= 11 is 4.56. The summed E-state index contributed by atoms with van der Waals surface area (Å²) in [5.74, 6) is 1.10. The van der Waals surface area contributed by atoms with Crippen LogP contribution in [0, 0.1) is 0 Å². The molecule has 0 unspecified atom stereocenters. The molecular formula is C17H14BrN3O3S. The van der Waals surface area contributed by atoms with Crippen LogP contribution in [0.3, 0.4) is 0 Å². The van der Waals surface area contributed by atoms with Crippen LogP contribution >= 0.6 is 27.7 Å². The molecule has 3 rings (SSSR count). The van der Waals surface area contributed by atoms with Crippen LogP contribution in [0.5, 0.6) is 5.75 Å². The number of benzene rings is 2. The third-order valence-corrected chi connectivity index (χ3v) is 4.54. The summed E-state index contributed by atoms with van der Waals surface area (Å²) in [6.45, 7) is 0.181. The summed E-state index contributed by atoms with van der Waals surface area (Å²) < 4.78 is 11.8. The first kappa shape index (κ1) is 17.5. The molecule has 6 nitrogen and oxygen atoms in total. The van der Waals surface area contributed by atoms with Gasteiger partial charge in [0.1, 0.15) is 5.75 Å². The molecule has 25 heavy (non-hydrogen) atoms. The van der Waals surface area contributed by atoms with Crippen LogP contribution in [0.4, 0.5) is 5.69 Å². The highest BCUT2D eigenvalue weighted by molar-refractivity contribution is 9.10. The Morgan fingerprint density at radius 1 is 1.12 bits per heavy atom. The van der Waals surface area contributed by atoms with Gasteiger partial charge in [-0.25, -0.2) is 0 Å². The summed E-state index contributed by atoms with van der Waals surface area (Å²) in [7, 11) is 0. The minimum Gasteiger partial charge on any atom is -0.484 e. The smallest absolute Gasteiger partial charge is 0.277 e. The maximum absolute atomic E-state index is 12.0. The zero-order chi connectivity index (χ0) is 17.5. The summed E-state index contributed by atoms with van der Waals surface area (Å²) in [5, 5.41) is 10.9. The van der Waals surface area contributed by atoms with Crippen molar-refractivity contribution in [1.82, 2.24) is 10.2 Å². The number of halogens is 1.